The van der Waals surface area contributed by atoms with E-state index in [0.29, 0.717) is 0 Å². The summed E-state index contributed by atoms with van der Waals surface area (Å²) in [5, 5.41) is 0. The molecular weight excluding hydrogens is 189 g/mol. The fourth-order valence-corrected chi connectivity index (χ4v) is 0.762. The molecule has 13 heavy (non-hydrogen) atoms. The molecule has 0 bridgehead atoms. The van der Waals surface area contributed by atoms with E-state index in [2.05, 4.69) is 4.74 Å². The summed E-state index contributed by atoms with van der Waals surface area (Å²) in [6, 6.07) is 0. The highest BCUT2D eigenvalue weighted by molar-refractivity contribution is 5.83. The van der Waals surface area contributed by atoms with E-state index in [0.717, 1.165) is 14.0 Å². The van der Waals surface area contributed by atoms with Crippen molar-refractivity contribution in [3.8, 4) is 0 Å². The van der Waals surface area contributed by atoms with Crippen LogP contribution in [0.2, 0.25) is 0 Å². The van der Waals surface area contributed by atoms with Crippen molar-refractivity contribution in [3.63, 3.8) is 0 Å². The third-order valence-electron chi connectivity index (χ3n) is 1.37. The molecule has 0 aromatic rings. The maximum atomic E-state index is 12.1. The Morgan fingerprint density at radius 2 is 1.85 bits per heavy atom. The number of methoxy groups -OCH3 is 1. The second-order valence-electron chi connectivity index (χ2n) is 2.52. The van der Waals surface area contributed by atoms with Gasteiger partial charge in [-0.15, -0.1) is 0 Å². The number of rotatable bonds is 3. The number of esters is 1. The highest BCUT2D eigenvalue weighted by Gasteiger charge is 2.46. The number of ether oxygens (including phenoxy) is 1. The van der Waals surface area contributed by atoms with Gasteiger partial charge in [0.1, 0.15) is 5.78 Å². The van der Waals surface area contributed by atoms with Gasteiger partial charge in [-0.2, -0.15) is 13.2 Å². The van der Waals surface area contributed by atoms with Crippen molar-refractivity contribution in [2.75, 3.05) is 7.11 Å². The largest absolute Gasteiger partial charge is 0.469 e. The van der Waals surface area contributed by atoms with Gasteiger partial charge in [0, 0.05) is 6.42 Å². The smallest absolute Gasteiger partial charge is 0.402 e. The first-order chi connectivity index (χ1) is 5.79. The number of hydrogen-bond acceptors (Lipinski definition) is 3. The van der Waals surface area contributed by atoms with Crippen LogP contribution in [0.5, 0.6) is 0 Å². The van der Waals surface area contributed by atoms with E-state index in [1.54, 1.807) is 0 Å². The van der Waals surface area contributed by atoms with Crippen LogP contribution in [0.3, 0.4) is 0 Å². The van der Waals surface area contributed by atoms with Gasteiger partial charge in [-0.25, -0.2) is 0 Å². The third-order valence-corrected chi connectivity index (χ3v) is 1.37. The summed E-state index contributed by atoms with van der Waals surface area (Å²) in [6.07, 6.45) is -5.59. The minimum atomic E-state index is -4.72. The summed E-state index contributed by atoms with van der Waals surface area (Å²) in [5.41, 5.74) is 0. The zero-order chi connectivity index (χ0) is 10.6. The van der Waals surface area contributed by atoms with Crippen molar-refractivity contribution in [1.29, 1.82) is 0 Å². The summed E-state index contributed by atoms with van der Waals surface area (Å²) in [6.45, 7) is 0.988. The lowest BCUT2D eigenvalue weighted by Crippen LogP contribution is -2.33. The zero-order valence-corrected chi connectivity index (χ0v) is 7.14. The average molecular weight is 198 g/mol. The molecule has 0 heterocycles. The first-order valence-electron chi connectivity index (χ1n) is 3.43. The molecule has 0 spiro atoms. The second kappa shape index (κ2) is 4.25. The van der Waals surface area contributed by atoms with Gasteiger partial charge >= 0.3 is 12.1 Å². The monoisotopic (exact) mass is 198 g/mol. The summed E-state index contributed by atoms with van der Waals surface area (Å²) in [7, 11) is 0.848. The minimum absolute atomic E-state index is 0.701. The number of hydrogen-bond donors (Lipinski definition) is 0. The molecular formula is C7H9F3O3. The highest BCUT2D eigenvalue weighted by Crippen LogP contribution is 2.29. The van der Waals surface area contributed by atoms with Crippen molar-refractivity contribution in [1.82, 2.24) is 0 Å². The molecule has 6 heteroatoms. The van der Waals surface area contributed by atoms with Crippen LogP contribution in [0.25, 0.3) is 0 Å². The Hall–Kier alpha value is -1.07. The standard InChI is InChI=1S/C7H9F3O3/c1-4(11)3-5(6(12)13-2)7(8,9)10/h5H,3H2,1-2H3. The highest BCUT2D eigenvalue weighted by atomic mass is 19.4. The van der Waals surface area contributed by atoms with Gasteiger partial charge < -0.3 is 4.74 Å². The molecule has 1 unspecified atom stereocenters. The number of carbonyl (C=O) groups is 2. The zero-order valence-electron chi connectivity index (χ0n) is 7.14. The number of carbonyl (C=O) groups excluding carboxylic acids is 2. The summed E-state index contributed by atoms with van der Waals surface area (Å²) >= 11 is 0. The van der Waals surface area contributed by atoms with E-state index in [4.69, 9.17) is 0 Å². The van der Waals surface area contributed by atoms with Crippen LogP contribution >= 0.6 is 0 Å². The molecule has 0 saturated heterocycles. The van der Waals surface area contributed by atoms with Gasteiger partial charge in [-0.3, -0.25) is 9.59 Å². The number of alkyl halides is 3. The van der Waals surface area contributed by atoms with E-state index in [1.807, 2.05) is 0 Å². The van der Waals surface area contributed by atoms with Gasteiger partial charge in [-0.1, -0.05) is 0 Å². The minimum Gasteiger partial charge on any atom is -0.469 e. The van der Waals surface area contributed by atoms with E-state index in [1.165, 1.54) is 0 Å². The predicted octanol–water partition coefficient (Wildman–Crippen LogP) is 1.32. The van der Waals surface area contributed by atoms with Crippen LogP contribution in [0, 0.1) is 5.92 Å². The SMILES string of the molecule is COC(=O)C(CC(C)=O)C(F)(F)F. The predicted molar refractivity (Wildman–Crippen MR) is 36.9 cm³/mol. The molecule has 0 aliphatic heterocycles. The lowest BCUT2D eigenvalue weighted by Gasteiger charge is -2.15. The van der Waals surface area contributed by atoms with Crippen molar-refractivity contribution in [2.45, 2.75) is 19.5 Å². The molecule has 0 aliphatic rings. The van der Waals surface area contributed by atoms with Crippen LogP contribution < -0.4 is 0 Å². The van der Waals surface area contributed by atoms with Gasteiger partial charge in [-0.05, 0) is 6.92 Å². The fourth-order valence-electron chi connectivity index (χ4n) is 0.762. The first-order valence-corrected chi connectivity index (χ1v) is 3.43. The van der Waals surface area contributed by atoms with Crippen molar-refractivity contribution in [2.24, 2.45) is 5.92 Å². The van der Waals surface area contributed by atoms with Gasteiger partial charge in [0.05, 0.1) is 7.11 Å². The van der Waals surface area contributed by atoms with Gasteiger partial charge in [0.25, 0.3) is 0 Å². The molecule has 1 atom stereocenters. The van der Waals surface area contributed by atoms with Crippen LogP contribution in [-0.2, 0) is 14.3 Å². The number of halogens is 3. The maximum Gasteiger partial charge on any atom is 0.402 e. The Kier molecular flexibility index (Phi) is 3.90. The topological polar surface area (TPSA) is 43.4 Å². The molecule has 0 aliphatic carbocycles. The Bertz CT molecular complexity index is 210. The normalized spacial score (nSPS) is 13.6. The van der Waals surface area contributed by atoms with Crippen LogP contribution in [0.4, 0.5) is 13.2 Å². The quantitative estimate of drug-likeness (QED) is 0.642. The lowest BCUT2D eigenvalue weighted by molar-refractivity contribution is -0.197. The lowest BCUT2D eigenvalue weighted by atomic mass is 10.0. The maximum absolute atomic E-state index is 12.1. The Morgan fingerprint density at radius 1 is 1.38 bits per heavy atom. The molecule has 3 nitrogen and oxygen atoms in total. The molecule has 0 radical (unpaired) electrons. The molecule has 0 fully saturated rings. The average Bonchev–Trinajstić information content (AvgIpc) is 1.96. The third kappa shape index (κ3) is 3.91. The Morgan fingerprint density at radius 3 is 2.08 bits per heavy atom. The number of ketones is 1. The first kappa shape index (κ1) is 11.9. The molecule has 76 valence electrons. The molecule has 0 aromatic heterocycles. The van der Waals surface area contributed by atoms with E-state index >= 15 is 0 Å². The van der Waals surface area contributed by atoms with Crippen molar-refractivity contribution < 1.29 is 27.5 Å². The molecule has 0 N–H and O–H groups in total. The van der Waals surface area contributed by atoms with Crippen LogP contribution in [-0.4, -0.2) is 25.0 Å². The second-order valence-corrected chi connectivity index (χ2v) is 2.52. The molecule has 0 rings (SSSR count). The van der Waals surface area contributed by atoms with Crippen molar-refractivity contribution in [3.05, 3.63) is 0 Å². The summed E-state index contributed by atoms with van der Waals surface area (Å²) in [5.74, 6) is -4.47. The van der Waals surface area contributed by atoms with Crippen LogP contribution in [0.15, 0.2) is 0 Å². The van der Waals surface area contributed by atoms with Gasteiger partial charge in [0.15, 0.2) is 5.92 Å². The molecule has 0 aromatic carbocycles. The summed E-state index contributed by atoms with van der Waals surface area (Å²) in [4.78, 5) is 21.0. The van der Waals surface area contributed by atoms with Crippen molar-refractivity contribution >= 4 is 11.8 Å². The Labute approximate surface area is 72.9 Å². The van der Waals surface area contributed by atoms with E-state index in [9.17, 15) is 22.8 Å². The van der Waals surface area contributed by atoms with Gasteiger partial charge in [0.2, 0.25) is 0 Å². The number of Topliss-reactive ketones (excluding diaryl/α,β-unsaturated/α-hetero) is 1. The molecule has 0 saturated carbocycles. The Balaban J connectivity index is 4.56. The van der Waals surface area contributed by atoms with E-state index < -0.39 is 30.3 Å². The molecule has 0 amide bonds. The summed E-state index contributed by atoms with van der Waals surface area (Å²) < 4.78 is 40.1. The fraction of sp³-hybridized carbons (Fsp3) is 0.714. The van der Waals surface area contributed by atoms with E-state index in [-0.39, 0.29) is 0 Å². The van der Waals surface area contributed by atoms with Crippen LogP contribution in [0.1, 0.15) is 13.3 Å².